The van der Waals surface area contributed by atoms with Crippen molar-refractivity contribution in [1.29, 1.82) is 5.26 Å². The Bertz CT molecular complexity index is 350. The van der Waals surface area contributed by atoms with Gasteiger partial charge in [-0.15, -0.1) is 0 Å². The van der Waals surface area contributed by atoms with E-state index < -0.39 is 5.41 Å². The van der Waals surface area contributed by atoms with Crippen LogP contribution in [-0.4, -0.2) is 23.9 Å². The second kappa shape index (κ2) is 6.41. The fourth-order valence-electron chi connectivity index (χ4n) is 3.47. The van der Waals surface area contributed by atoms with Gasteiger partial charge >= 0.3 is 0 Å². The van der Waals surface area contributed by atoms with Gasteiger partial charge in [-0.25, -0.2) is 0 Å². The van der Waals surface area contributed by atoms with E-state index in [2.05, 4.69) is 13.0 Å². The third kappa shape index (κ3) is 3.29. The van der Waals surface area contributed by atoms with Gasteiger partial charge in [-0.3, -0.25) is 4.79 Å². The van der Waals surface area contributed by atoms with Gasteiger partial charge < -0.3 is 4.90 Å². The molecule has 3 heteroatoms. The second-order valence-electron chi connectivity index (χ2n) is 6.44. The molecule has 0 N–H and O–H groups in total. The van der Waals surface area contributed by atoms with Crippen molar-refractivity contribution in [2.24, 2.45) is 11.3 Å². The van der Waals surface area contributed by atoms with E-state index in [0.29, 0.717) is 5.92 Å². The predicted molar refractivity (Wildman–Crippen MR) is 75.3 cm³/mol. The smallest absolute Gasteiger partial charge is 0.243 e. The van der Waals surface area contributed by atoms with Crippen LogP contribution >= 0.6 is 0 Å². The van der Waals surface area contributed by atoms with Crippen LogP contribution in [0.2, 0.25) is 0 Å². The normalized spacial score (nSPS) is 28.0. The SMILES string of the molecule is CC1CCCN(C(=O)C2(C#N)CCCCCC2)CC1. The molecule has 2 fully saturated rings. The van der Waals surface area contributed by atoms with Gasteiger partial charge in [-0.1, -0.05) is 32.6 Å². The molecule has 0 bridgehead atoms. The summed E-state index contributed by atoms with van der Waals surface area (Å²) in [5.74, 6) is 0.843. The molecule has 1 saturated heterocycles. The Morgan fingerprint density at radius 3 is 2.42 bits per heavy atom. The highest BCUT2D eigenvalue weighted by atomic mass is 16.2. The van der Waals surface area contributed by atoms with Crippen LogP contribution in [0.5, 0.6) is 0 Å². The molecule has 19 heavy (non-hydrogen) atoms. The van der Waals surface area contributed by atoms with Gasteiger partial charge in [0, 0.05) is 13.1 Å². The minimum Gasteiger partial charge on any atom is -0.341 e. The summed E-state index contributed by atoms with van der Waals surface area (Å²) >= 11 is 0. The highest BCUT2D eigenvalue weighted by Crippen LogP contribution is 2.37. The van der Waals surface area contributed by atoms with Crippen molar-refractivity contribution in [2.45, 2.75) is 64.7 Å². The fraction of sp³-hybridized carbons (Fsp3) is 0.875. The lowest BCUT2D eigenvalue weighted by molar-refractivity contribution is -0.139. The molecule has 1 amide bonds. The number of carbonyl (C=O) groups excluding carboxylic acids is 1. The molecule has 1 aliphatic carbocycles. The van der Waals surface area contributed by atoms with Crippen LogP contribution < -0.4 is 0 Å². The van der Waals surface area contributed by atoms with Crippen molar-refractivity contribution in [3.8, 4) is 6.07 Å². The Morgan fingerprint density at radius 1 is 1.11 bits per heavy atom. The van der Waals surface area contributed by atoms with Crippen molar-refractivity contribution in [3.05, 3.63) is 0 Å². The van der Waals surface area contributed by atoms with E-state index in [1.54, 1.807) is 0 Å². The van der Waals surface area contributed by atoms with Gasteiger partial charge in [-0.2, -0.15) is 5.26 Å². The molecule has 0 aromatic carbocycles. The average Bonchev–Trinajstić information content (AvgIpc) is 2.79. The second-order valence-corrected chi connectivity index (χ2v) is 6.44. The number of nitrogens with zero attached hydrogens (tertiary/aromatic N) is 2. The molecule has 1 unspecified atom stereocenters. The maximum atomic E-state index is 12.8. The van der Waals surface area contributed by atoms with E-state index in [1.165, 1.54) is 19.3 Å². The van der Waals surface area contributed by atoms with Crippen LogP contribution in [0, 0.1) is 22.7 Å². The number of hydrogen-bond acceptors (Lipinski definition) is 2. The summed E-state index contributed by atoms with van der Waals surface area (Å²) < 4.78 is 0. The molecule has 0 aromatic heterocycles. The third-order valence-electron chi connectivity index (χ3n) is 4.88. The first-order valence-electron chi connectivity index (χ1n) is 7.88. The minimum atomic E-state index is -0.704. The topological polar surface area (TPSA) is 44.1 Å². The monoisotopic (exact) mass is 262 g/mol. The van der Waals surface area contributed by atoms with Crippen molar-refractivity contribution >= 4 is 5.91 Å². The molecule has 106 valence electrons. The Labute approximate surface area is 117 Å². The van der Waals surface area contributed by atoms with Gasteiger partial charge in [0.05, 0.1) is 6.07 Å². The molecule has 0 radical (unpaired) electrons. The maximum Gasteiger partial charge on any atom is 0.243 e. The van der Waals surface area contributed by atoms with Gasteiger partial charge in [0.2, 0.25) is 5.91 Å². The van der Waals surface area contributed by atoms with E-state index in [0.717, 1.165) is 51.6 Å². The van der Waals surface area contributed by atoms with E-state index in [1.807, 2.05) is 4.90 Å². The Hall–Kier alpha value is -1.04. The van der Waals surface area contributed by atoms with E-state index in [-0.39, 0.29) is 5.91 Å². The van der Waals surface area contributed by atoms with Crippen molar-refractivity contribution in [2.75, 3.05) is 13.1 Å². The maximum absolute atomic E-state index is 12.8. The molecule has 3 nitrogen and oxygen atoms in total. The summed E-state index contributed by atoms with van der Waals surface area (Å²) in [7, 11) is 0. The summed E-state index contributed by atoms with van der Waals surface area (Å²) in [5, 5.41) is 9.59. The minimum absolute atomic E-state index is 0.131. The molecule has 1 aliphatic heterocycles. The highest BCUT2D eigenvalue weighted by molar-refractivity contribution is 5.85. The van der Waals surface area contributed by atoms with E-state index in [9.17, 15) is 10.1 Å². The number of carbonyl (C=O) groups is 1. The Balaban J connectivity index is 2.09. The summed E-state index contributed by atoms with van der Waals surface area (Å²) in [6, 6.07) is 2.39. The number of nitriles is 1. The lowest BCUT2D eigenvalue weighted by atomic mass is 9.80. The summed E-state index contributed by atoms with van der Waals surface area (Å²) in [4.78, 5) is 14.8. The zero-order chi connectivity index (χ0) is 13.7. The van der Waals surface area contributed by atoms with Crippen LogP contribution in [0.25, 0.3) is 0 Å². The quantitative estimate of drug-likeness (QED) is 0.679. The molecule has 1 heterocycles. The molecule has 1 atom stereocenters. The Kier molecular flexibility index (Phi) is 4.85. The molecular formula is C16H26N2O. The van der Waals surface area contributed by atoms with E-state index >= 15 is 0 Å². The van der Waals surface area contributed by atoms with Crippen LogP contribution in [-0.2, 0) is 4.79 Å². The first-order chi connectivity index (χ1) is 9.18. The molecule has 1 saturated carbocycles. The number of hydrogen-bond donors (Lipinski definition) is 0. The predicted octanol–water partition coefficient (Wildman–Crippen LogP) is 3.50. The lowest BCUT2D eigenvalue weighted by Crippen LogP contribution is -2.43. The Morgan fingerprint density at radius 2 is 1.79 bits per heavy atom. The van der Waals surface area contributed by atoms with Crippen molar-refractivity contribution in [1.82, 2.24) is 4.90 Å². The summed E-state index contributed by atoms with van der Waals surface area (Å²) in [6.45, 7) is 3.97. The first kappa shape index (κ1) is 14.4. The number of amides is 1. The molecule has 2 rings (SSSR count). The standard InChI is InChI=1S/C16H26N2O/c1-14-7-6-11-18(12-8-14)15(19)16(13-17)9-4-2-3-5-10-16/h14H,2-12H2,1H3. The van der Waals surface area contributed by atoms with Crippen molar-refractivity contribution in [3.63, 3.8) is 0 Å². The van der Waals surface area contributed by atoms with Crippen LogP contribution in [0.15, 0.2) is 0 Å². The number of likely N-dealkylation sites (tertiary alicyclic amines) is 1. The van der Waals surface area contributed by atoms with Gasteiger partial charge in [-0.05, 0) is 38.0 Å². The van der Waals surface area contributed by atoms with Gasteiger partial charge in [0.15, 0.2) is 0 Å². The first-order valence-corrected chi connectivity index (χ1v) is 7.88. The van der Waals surface area contributed by atoms with Gasteiger partial charge in [0.25, 0.3) is 0 Å². The van der Waals surface area contributed by atoms with Crippen LogP contribution in [0.1, 0.15) is 64.7 Å². The average molecular weight is 262 g/mol. The molecular weight excluding hydrogens is 236 g/mol. The third-order valence-corrected chi connectivity index (χ3v) is 4.88. The fourth-order valence-corrected chi connectivity index (χ4v) is 3.47. The van der Waals surface area contributed by atoms with Gasteiger partial charge in [0.1, 0.15) is 5.41 Å². The highest BCUT2D eigenvalue weighted by Gasteiger charge is 2.41. The largest absolute Gasteiger partial charge is 0.341 e. The lowest BCUT2D eigenvalue weighted by Gasteiger charge is -2.31. The van der Waals surface area contributed by atoms with Crippen molar-refractivity contribution < 1.29 is 4.79 Å². The van der Waals surface area contributed by atoms with E-state index in [4.69, 9.17) is 0 Å². The van der Waals surface area contributed by atoms with Crippen LogP contribution in [0.3, 0.4) is 0 Å². The zero-order valence-electron chi connectivity index (χ0n) is 12.2. The molecule has 0 spiro atoms. The zero-order valence-corrected chi connectivity index (χ0v) is 12.2. The molecule has 0 aromatic rings. The summed E-state index contributed by atoms with van der Waals surface area (Å²) in [6.07, 6.45) is 9.35. The van der Waals surface area contributed by atoms with Crippen LogP contribution in [0.4, 0.5) is 0 Å². The summed E-state index contributed by atoms with van der Waals surface area (Å²) in [5.41, 5.74) is -0.704. The molecule has 2 aliphatic rings. The number of rotatable bonds is 1.